The molecule has 0 aromatic heterocycles. The Kier molecular flexibility index (Phi) is 6.54. The molecule has 0 aliphatic rings. The Labute approximate surface area is 73.6 Å². The van der Waals surface area contributed by atoms with Crippen LogP contribution in [-0.2, 0) is 0 Å². The van der Waals surface area contributed by atoms with E-state index in [1.54, 1.807) is 11.4 Å². The number of hydrogen-bond acceptors (Lipinski definition) is 1. The average molecular weight is 164 g/mol. The lowest BCUT2D eigenvalue weighted by Gasteiger charge is -1.84. The van der Waals surface area contributed by atoms with E-state index < -0.39 is 0 Å². The molecule has 1 aromatic rings. The van der Waals surface area contributed by atoms with Crippen LogP contribution in [0, 0.1) is 0 Å². The Balaban J connectivity index is 0.000000292. The maximum absolute atomic E-state index is 4.69. The maximum Gasteiger partial charge on any atom is 0.00861 e. The first-order valence-corrected chi connectivity index (χ1v) is 3.89. The van der Waals surface area contributed by atoms with Crippen LogP contribution < -0.4 is 0 Å². The fourth-order valence-electron chi connectivity index (χ4n) is 0.532. The van der Waals surface area contributed by atoms with Crippen LogP contribution in [0.15, 0.2) is 43.0 Å². The number of benzene rings is 1. The first-order chi connectivity index (χ1) is 5.35. The monoisotopic (exact) mass is 164 g/mol. The van der Waals surface area contributed by atoms with E-state index in [0.717, 1.165) is 5.56 Å². The van der Waals surface area contributed by atoms with Crippen molar-refractivity contribution in [2.24, 2.45) is 0 Å². The summed E-state index contributed by atoms with van der Waals surface area (Å²) < 4.78 is 0. The summed E-state index contributed by atoms with van der Waals surface area (Å²) in [6, 6.07) is 9.87. The quantitative estimate of drug-likeness (QED) is 0.453. The van der Waals surface area contributed by atoms with Gasteiger partial charge in [0, 0.05) is 5.37 Å². The lowest BCUT2D eigenvalue weighted by Crippen LogP contribution is -1.71. The second-order valence-electron chi connectivity index (χ2n) is 1.94. The predicted molar refractivity (Wildman–Crippen MR) is 55.1 cm³/mol. The number of hydrogen-bond donors (Lipinski definition) is 0. The molecule has 0 aliphatic heterocycles. The zero-order valence-electron chi connectivity index (χ0n) is 6.66. The van der Waals surface area contributed by atoms with Gasteiger partial charge in [0.1, 0.15) is 0 Å². The summed E-state index contributed by atoms with van der Waals surface area (Å²) in [6.07, 6.45) is 1.75. The van der Waals surface area contributed by atoms with E-state index in [2.05, 4.69) is 6.58 Å². The molecule has 0 saturated heterocycles. The molecule has 0 atom stereocenters. The zero-order chi connectivity index (χ0) is 8.53. The number of rotatable bonds is 1. The van der Waals surface area contributed by atoms with E-state index >= 15 is 0 Å². The lowest BCUT2D eigenvalue weighted by molar-refractivity contribution is 1.69. The minimum Gasteiger partial charge on any atom is -0.103 e. The minimum atomic E-state index is 1.10. The van der Waals surface area contributed by atoms with Gasteiger partial charge in [-0.1, -0.05) is 48.6 Å². The van der Waals surface area contributed by atoms with Gasteiger partial charge in [0.2, 0.25) is 0 Å². The third-order valence-electron chi connectivity index (χ3n) is 0.936. The Morgan fingerprint density at radius 1 is 1.27 bits per heavy atom. The molecule has 0 amide bonds. The third kappa shape index (κ3) is 5.49. The molecule has 58 valence electrons. The van der Waals surface area contributed by atoms with Gasteiger partial charge in [0.15, 0.2) is 0 Å². The molecule has 1 aromatic carbocycles. The van der Waals surface area contributed by atoms with Crippen molar-refractivity contribution in [2.45, 2.75) is 6.92 Å². The Morgan fingerprint density at radius 3 is 2.00 bits per heavy atom. The largest absolute Gasteiger partial charge is 0.103 e. The summed E-state index contributed by atoms with van der Waals surface area (Å²) in [6.45, 7) is 5.25. The summed E-state index contributed by atoms with van der Waals surface area (Å²) in [5.74, 6) is 0. The Hall–Kier alpha value is -0.950. The SMILES string of the molecule is C=CC.S=Cc1ccccc1. The summed E-state index contributed by atoms with van der Waals surface area (Å²) in [5, 5.41) is 1.67. The fraction of sp³-hybridized carbons (Fsp3) is 0.100. The van der Waals surface area contributed by atoms with Crippen molar-refractivity contribution >= 4 is 17.6 Å². The van der Waals surface area contributed by atoms with Gasteiger partial charge in [-0.15, -0.1) is 6.58 Å². The van der Waals surface area contributed by atoms with Gasteiger partial charge in [0.05, 0.1) is 0 Å². The highest BCUT2D eigenvalue weighted by molar-refractivity contribution is 7.79. The number of thiocarbonyl (C=S) groups is 1. The molecule has 1 rings (SSSR count). The van der Waals surface area contributed by atoms with E-state index in [1.807, 2.05) is 37.3 Å². The topological polar surface area (TPSA) is 0 Å². The van der Waals surface area contributed by atoms with Gasteiger partial charge in [-0.3, -0.25) is 0 Å². The molecular weight excluding hydrogens is 152 g/mol. The van der Waals surface area contributed by atoms with E-state index in [-0.39, 0.29) is 0 Å². The normalized spacial score (nSPS) is 7.36. The standard InChI is InChI=1S/C7H6S.C3H6/c8-6-7-4-2-1-3-5-7;1-3-2/h1-6H;3H,1H2,2H3. The van der Waals surface area contributed by atoms with Crippen LogP contribution >= 0.6 is 12.2 Å². The van der Waals surface area contributed by atoms with Crippen molar-refractivity contribution in [3.8, 4) is 0 Å². The van der Waals surface area contributed by atoms with E-state index in [9.17, 15) is 0 Å². The molecule has 0 heterocycles. The van der Waals surface area contributed by atoms with Crippen LogP contribution in [0.2, 0.25) is 0 Å². The summed E-state index contributed by atoms with van der Waals surface area (Å²) in [4.78, 5) is 0. The highest BCUT2D eigenvalue weighted by Gasteiger charge is 1.77. The van der Waals surface area contributed by atoms with Gasteiger partial charge < -0.3 is 0 Å². The fourth-order valence-corrected chi connectivity index (χ4v) is 0.689. The molecule has 0 saturated carbocycles. The molecule has 0 fully saturated rings. The maximum atomic E-state index is 4.69. The van der Waals surface area contributed by atoms with Crippen LogP contribution in [0.25, 0.3) is 0 Å². The van der Waals surface area contributed by atoms with Crippen LogP contribution in [0.4, 0.5) is 0 Å². The van der Waals surface area contributed by atoms with Gasteiger partial charge >= 0.3 is 0 Å². The Morgan fingerprint density at radius 2 is 1.73 bits per heavy atom. The van der Waals surface area contributed by atoms with Gasteiger partial charge in [-0.05, 0) is 12.5 Å². The average Bonchev–Trinajstić information content (AvgIpc) is 2.08. The summed E-state index contributed by atoms with van der Waals surface area (Å²) >= 11 is 4.69. The van der Waals surface area contributed by atoms with Gasteiger partial charge in [-0.2, -0.15) is 0 Å². The zero-order valence-corrected chi connectivity index (χ0v) is 7.47. The molecule has 0 unspecified atom stereocenters. The van der Waals surface area contributed by atoms with Crippen molar-refractivity contribution in [3.05, 3.63) is 48.6 Å². The van der Waals surface area contributed by atoms with Gasteiger partial charge in [0.25, 0.3) is 0 Å². The highest BCUT2D eigenvalue weighted by Crippen LogP contribution is 1.92. The third-order valence-corrected chi connectivity index (χ3v) is 1.21. The molecule has 0 N–H and O–H groups in total. The second-order valence-corrected chi connectivity index (χ2v) is 2.17. The van der Waals surface area contributed by atoms with E-state index in [4.69, 9.17) is 12.2 Å². The molecular formula is C10H12S. The van der Waals surface area contributed by atoms with Crippen molar-refractivity contribution < 1.29 is 0 Å². The minimum absolute atomic E-state index is 1.10. The van der Waals surface area contributed by atoms with Crippen molar-refractivity contribution in [1.82, 2.24) is 0 Å². The first kappa shape index (κ1) is 10.0. The Bertz CT molecular complexity index is 201. The van der Waals surface area contributed by atoms with E-state index in [0.29, 0.717) is 0 Å². The van der Waals surface area contributed by atoms with Crippen molar-refractivity contribution in [3.63, 3.8) is 0 Å². The van der Waals surface area contributed by atoms with Crippen LogP contribution in [0.5, 0.6) is 0 Å². The highest BCUT2D eigenvalue weighted by atomic mass is 32.1. The second kappa shape index (κ2) is 7.16. The first-order valence-electron chi connectivity index (χ1n) is 3.42. The summed E-state index contributed by atoms with van der Waals surface area (Å²) in [7, 11) is 0. The smallest absolute Gasteiger partial charge is 0.00861 e. The molecule has 1 heteroatoms. The van der Waals surface area contributed by atoms with Crippen LogP contribution in [0.3, 0.4) is 0 Å². The molecule has 0 radical (unpaired) electrons. The number of allylic oxidation sites excluding steroid dienone is 1. The van der Waals surface area contributed by atoms with E-state index in [1.165, 1.54) is 0 Å². The van der Waals surface area contributed by atoms with Crippen LogP contribution in [-0.4, -0.2) is 5.37 Å². The molecule has 11 heavy (non-hydrogen) atoms. The predicted octanol–water partition coefficient (Wildman–Crippen LogP) is 3.23. The molecule has 0 bridgehead atoms. The lowest BCUT2D eigenvalue weighted by atomic mass is 10.2. The molecule has 0 spiro atoms. The summed E-state index contributed by atoms with van der Waals surface area (Å²) in [5.41, 5.74) is 1.10. The van der Waals surface area contributed by atoms with Crippen molar-refractivity contribution in [2.75, 3.05) is 0 Å². The van der Waals surface area contributed by atoms with Crippen LogP contribution in [0.1, 0.15) is 12.5 Å². The van der Waals surface area contributed by atoms with Crippen molar-refractivity contribution in [1.29, 1.82) is 0 Å². The molecule has 0 nitrogen and oxygen atoms in total. The van der Waals surface area contributed by atoms with Gasteiger partial charge in [-0.25, -0.2) is 0 Å². The molecule has 0 aliphatic carbocycles.